The SMILES string of the molecule is C[C@@H](c1ccccc1Cl)[NH+]1CCN(c2ccc([N+](=O)[O-])cc2)CC1. The van der Waals surface area contributed by atoms with Crippen LogP contribution in [0, 0.1) is 10.1 Å². The van der Waals surface area contributed by atoms with Crippen LogP contribution in [0.25, 0.3) is 0 Å². The molecule has 5 nitrogen and oxygen atoms in total. The number of hydrogen-bond donors (Lipinski definition) is 1. The number of halogens is 1. The fraction of sp³-hybridized carbons (Fsp3) is 0.333. The second-order valence-corrected chi connectivity index (χ2v) is 6.57. The summed E-state index contributed by atoms with van der Waals surface area (Å²) < 4.78 is 0. The summed E-state index contributed by atoms with van der Waals surface area (Å²) in [6.45, 7) is 6.12. The van der Waals surface area contributed by atoms with Gasteiger partial charge in [-0.3, -0.25) is 10.1 Å². The Balaban J connectivity index is 1.63. The van der Waals surface area contributed by atoms with Gasteiger partial charge < -0.3 is 9.80 Å². The molecular formula is C18H21ClN3O2+. The summed E-state index contributed by atoms with van der Waals surface area (Å²) in [5.41, 5.74) is 2.37. The van der Waals surface area contributed by atoms with Crippen LogP contribution in [0.3, 0.4) is 0 Å². The average Bonchev–Trinajstić information content (AvgIpc) is 2.62. The normalized spacial score (nSPS) is 16.8. The third-order valence-electron chi connectivity index (χ3n) is 4.82. The zero-order valence-corrected chi connectivity index (χ0v) is 14.4. The van der Waals surface area contributed by atoms with Gasteiger partial charge in [0.25, 0.3) is 5.69 Å². The van der Waals surface area contributed by atoms with Crippen LogP contribution in [0.5, 0.6) is 0 Å². The number of piperazine rings is 1. The first kappa shape index (κ1) is 16.7. The zero-order chi connectivity index (χ0) is 17.1. The van der Waals surface area contributed by atoms with E-state index in [4.69, 9.17) is 11.6 Å². The Kier molecular flexibility index (Phi) is 5.02. The highest BCUT2D eigenvalue weighted by Gasteiger charge is 2.26. The van der Waals surface area contributed by atoms with Gasteiger partial charge in [-0.25, -0.2) is 0 Å². The molecule has 0 saturated carbocycles. The van der Waals surface area contributed by atoms with Gasteiger partial charge in [0.1, 0.15) is 6.04 Å². The highest BCUT2D eigenvalue weighted by Crippen LogP contribution is 2.22. The third-order valence-corrected chi connectivity index (χ3v) is 5.16. The smallest absolute Gasteiger partial charge is 0.269 e. The first-order chi connectivity index (χ1) is 11.6. The maximum Gasteiger partial charge on any atom is 0.269 e. The Morgan fingerprint density at radius 3 is 2.33 bits per heavy atom. The van der Waals surface area contributed by atoms with Gasteiger partial charge in [0.15, 0.2) is 0 Å². The third kappa shape index (κ3) is 3.52. The Hall–Kier alpha value is -2.11. The van der Waals surface area contributed by atoms with Crippen molar-refractivity contribution in [1.29, 1.82) is 0 Å². The molecule has 1 atom stereocenters. The van der Waals surface area contributed by atoms with E-state index in [-0.39, 0.29) is 10.6 Å². The van der Waals surface area contributed by atoms with Crippen LogP contribution in [-0.2, 0) is 0 Å². The van der Waals surface area contributed by atoms with Crippen molar-refractivity contribution in [2.24, 2.45) is 0 Å². The van der Waals surface area contributed by atoms with Crippen LogP contribution in [0.2, 0.25) is 5.02 Å². The number of nitro groups is 1. The molecule has 6 heteroatoms. The summed E-state index contributed by atoms with van der Waals surface area (Å²) in [4.78, 5) is 14.2. The second-order valence-electron chi connectivity index (χ2n) is 6.16. The van der Waals surface area contributed by atoms with E-state index in [2.05, 4.69) is 17.9 Å². The fourth-order valence-corrected chi connectivity index (χ4v) is 3.62. The molecule has 1 aliphatic heterocycles. The van der Waals surface area contributed by atoms with Crippen molar-refractivity contribution in [2.45, 2.75) is 13.0 Å². The van der Waals surface area contributed by atoms with Crippen molar-refractivity contribution >= 4 is 23.0 Å². The Labute approximate surface area is 146 Å². The van der Waals surface area contributed by atoms with Crippen molar-refractivity contribution < 1.29 is 9.82 Å². The summed E-state index contributed by atoms with van der Waals surface area (Å²) in [7, 11) is 0. The monoisotopic (exact) mass is 346 g/mol. The number of anilines is 1. The van der Waals surface area contributed by atoms with E-state index in [9.17, 15) is 10.1 Å². The molecule has 0 spiro atoms. The van der Waals surface area contributed by atoms with E-state index in [1.807, 2.05) is 30.3 Å². The lowest BCUT2D eigenvalue weighted by Crippen LogP contribution is -3.14. The van der Waals surface area contributed by atoms with Crippen LogP contribution in [0.4, 0.5) is 11.4 Å². The molecule has 0 radical (unpaired) electrons. The molecule has 2 aromatic rings. The van der Waals surface area contributed by atoms with E-state index >= 15 is 0 Å². The summed E-state index contributed by atoms with van der Waals surface area (Å²) in [6, 6.07) is 15.2. The molecule has 2 aromatic carbocycles. The van der Waals surface area contributed by atoms with Gasteiger partial charge in [-0.1, -0.05) is 29.8 Å². The number of nitro benzene ring substituents is 1. The van der Waals surface area contributed by atoms with E-state index < -0.39 is 0 Å². The highest BCUT2D eigenvalue weighted by molar-refractivity contribution is 6.31. The molecule has 126 valence electrons. The molecule has 1 fully saturated rings. The van der Waals surface area contributed by atoms with Gasteiger partial charge in [0.05, 0.1) is 31.1 Å². The number of rotatable bonds is 4. The van der Waals surface area contributed by atoms with Crippen molar-refractivity contribution in [3.63, 3.8) is 0 Å². The first-order valence-corrected chi connectivity index (χ1v) is 8.52. The average molecular weight is 347 g/mol. The molecular weight excluding hydrogens is 326 g/mol. The number of nitrogens with one attached hydrogen (secondary N) is 1. The van der Waals surface area contributed by atoms with Crippen molar-refractivity contribution in [3.8, 4) is 0 Å². The van der Waals surface area contributed by atoms with Gasteiger partial charge in [0.2, 0.25) is 0 Å². The van der Waals surface area contributed by atoms with E-state index in [0.29, 0.717) is 6.04 Å². The standard InChI is InChI=1S/C18H20ClN3O2/c1-14(17-4-2-3-5-18(17)19)20-10-12-21(13-11-20)15-6-8-16(9-7-15)22(23)24/h2-9,14H,10-13H2,1H3/p+1/t14-/m0/s1. The summed E-state index contributed by atoms with van der Waals surface area (Å²) in [6.07, 6.45) is 0. The van der Waals surface area contributed by atoms with Crippen LogP contribution >= 0.6 is 11.6 Å². The summed E-state index contributed by atoms with van der Waals surface area (Å²) >= 11 is 6.32. The van der Waals surface area contributed by atoms with Gasteiger partial charge in [-0.15, -0.1) is 0 Å². The van der Waals surface area contributed by atoms with Crippen LogP contribution in [-0.4, -0.2) is 31.1 Å². The van der Waals surface area contributed by atoms with Crippen molar-refractivity contribution in [3.05, 3.63) is 69.2 Å². The molecule has 1 N–H and O–H groups in total. The minimum Gasteiger partial charge on any atom is -0.360 e. The van der Waals surface area contributed by atoms with E-state index in [1.165, 1.54) is 10.5 Å². The molecule has 0 unspecified atom stereocenters. The van der Waals surface area contributed by atoms with Crippen molar-refractivity contribution in [2.75, 3.05) is 31.1 Å². The largest absolute Gasteiger partial charge is 0.360 e. The minimum atomic E-state index is -0.364. The second kappa shape index (κ2) is 7.20. The Morgan fingerprint density at radius 2 is 1.75 bits per heavy atom. The molecule has 0 bridgehead atoms. The molecule has 1 heterocycles. The van der Waals surface area contributed by atoms with Crippen molar-refractivity contribution in [1.82, 2.24) is 0 Å². The predicted molar refractivity (Wildman–Crippen MR) is 95.9 cm³/mol. The maximum absolute atomic E-state index is 10.7. The number of hydrogen-bond acceptors (Lipinski definition) is 3. The molecule has 0 amide bonds. The number of nitrogens with zero attached hydrogens (tertiary/aromatic N) is 2. The predicted octanol–water partition coefficient (Wildman–Crippen LogP) is 2.71. The summed E-state index contributed by atoms with van der Waals surface area (Å²) in [5, 5.41) is 11.6. The van der Waals surface area contributed by atoms with Gasteiger partial charge in [0, 0.05) is 28.4 Å². The lowest BCUT2D eigenvalue weighted by Gasteiger charge is -2.36. The maximum atomic E-state index is 10.7. The fourth-order valence-electron chi connectivity index (χ4n) is 3.32. The molecule has 1 saturated heterocycles. The molecule has 0 aromatic heterocycles. The first-order valence-electron chi connectivity index (χ1n) is 8.14. The highest BCUT2D eigenvalue weighted by atomic mass is 35.5. The lowest BCUT2D eigenvalue weighted by molar-refractivity contribution is -0.930. The van der Waals surface area contributed by atoms with Gasteiger partial charge in [-0.2, -0.15) is 0 Å². The Morgan fingerprint density at radius 1 is 1.12 bits per heavy atom. The zero-order valence-electron chi connectivity index (χ0n) is 13.6. The Bertz CT molecular complexity index is 712. The topological polar surface area (TPSA) is 50.8 Å². The molecule has 3 rings (SSSR count). The van der Waals surface area contributed by atoms with Crippen LogP contribution in [0.1, 0.15) is 18.5 Å². The van der Waals surface area contributed by atoms with Crippen LogP contribution < -0.4 is 9.80 Å². The van der Waals surface area contributed by atoms with E-state index in [1.54, 1.807) is 12.1 Å². The minimum absolute atomic E-state index is 0.135. The quantitative estimate of drug-likeness (QED) is 0.684. The van der Waals surface area contributed by atoms with Crippen LogP contribution in [0.15, 0.2) is 48.5 Å². The number of non-ortho nitro benzene ring substituents is 1. The molecule has 0 aliphatic carbocycles. The lowest BCUT2D eigenvalue weighted by atomic mass is 10.1. The molecule has 24 heavy (non-hydrogen) atoms. The summed E-state index contributed by atoms with van der Waals surface area (Å²) in [5.74, 6) is 0. The molecule has 1 aliphatic rings. The van der Waals surface area contributed by atoms with E-state index in [0.717, 1.165) is 36.9 Å². The number of quaternary nitrogens is 1. The van der Waals surface area contributed by atoms with Gasteiger partial charge >= 0.3 is 0 Å². The number of benzene rings is 2. The van der Waals surface area contributed by atoms with Gasteiger partial charge in [-0.05, 0) is 25.1 Å².